The number of alkyl halides is 2. The van der Waals surface area contributed by atoms with Gasteiger partial charge >= 0.3 is 0 Å². The van der Waals surface area contributed by atoms with E-state index in [0.717, 1.165) is 6.92 Å². The van der Waals surface area contributed by atoms with Crippen molar-refractivity contribution < 1.29 is 8.78 Å². The van der Waals surface area contributed by atoms with E-state index in [0.29, 0.717) is 22.0 Å². The van der Waals surface area contributed by atoms with Crippen molar-refractivity contribution in [3.05, 3.63) is 34.9 Å². The van der Waals surface area contributed by atoms with E-state index in [1.807, 2.05) is 0 Å². The van der Waals surface area contributed by atoms with Crippen molar-refractivity contribution in [1.29, 1.82) is 0 Å². The Morgan fingerprint density at radius 2 is 2.06 bits per heavy atom. The van der Waals surface area contributed by atoms with E-state index in [1.165, 1.54) is 18.2 Å². The van der Waals surface area contributed by atoms with E-state index in [2.05, 4.69) is 4.99 Å². The van der Waals surface area contributed by atoms with Gasteiger partial charge < -0.3 is 5.73 Å². The van der Waals surface area contributed by atoms with Crippen molar-refractivity contribution in [2.75, 3.05) is 12.8 Å². The van der Waals surface area contributed by atoms with Gasteiger partial charge in [-0.25, -0.2) is 8.78 Å². The summed E-state index contributed by atoms with van der Waals surface area (Å²) in [6.07, 6.45) is 1.64. The van der Waals surface area contributed by atoms with Gasteiger partial charge in [0.15, 0.2) is 0 Å². The topological polar surface area (TPSA) is 38.4 Å². The second-order valence-electron chi connectivity index (χ2n) is 4.07. The molecule has 1 aromatic rings. The molecular weight excluding hydrogens is 258 g/mol. The van der Waals surface area contributed by atoms with Crippen LogP contribution in [0.2, 0.25) is 0 Å². The smallest absolute Gasteiger partial charge is 0.270 e. The van der Waals surface area contributed by atoms with E-state index in [-0.39, 0.29) is 5.56 Å². The Labute approximate surface area is 110 Å². The van der Waals surface area contributed by atoms with E-state index < -0.39 is 5.92 Å². The largest absolute Gasteiger partial charge is 0.398 e. The van der Waals surface area contributed by atoms with Crippen LogP contribution in [-0.2, 0) is 5.92 Å². The molecule has 0 saturated carbocycles. The van der Waals surface area contributed by atoms with Gasteiger partial charge in [0, 0.05) is 25.2 Å². The Morgan fingerprint density at radius 1 is 1.44 bits per heavy atom. The Balaban J connectivity index is 3.25. The maximum Gasteiger partial charge on any atom is 0.270 e. The van der Waals surface area contributed by atoms with Crippen LogP contribution in [0.3, 0.4) is 0 Å². The maximum atomic E-state index is 13.2. The molecule has 0 atom stereocenters. The third kappa shape index (κ3) is 3.53. The molecule has 0 spiro atoms. The van der Waals surface area contributed by atoms with Crippen molar-refractivity contribution in [2.24, 2.45) is 4.99 Å². The number of rotatable bonds is 3. The number of nitrogens with zero attached hydrogens (tertiary/aromatic N) is 1. The lowest BCUT2D eigenvalue weighted by molar-refractivity contribution is 0.0175. The number of nitrogen functional groups attached to an aromatic ring is 1. The van der Waals surface area contributed by atoms with Crippen LogP contribution < -0.4 is 5.73 Å². The Kier molecular flexibility index (Phi) is 4.46. The molecule has 18 heavy (non-hydrogen) atoms. The second-order valence-corrected chi connectivity index (χ2v) is 4.43. The highest BCUT2D eigenvalue weighted by atomic mass is 35.5. The standard InChI is InChI=1S/C13H15ClF2N2/c1-8(12(14)18-3)6-9-7-10(13(2,15)16)4-5-11(9)17/h4-7H,17H2,1-3H3/b8-6+,18-12+. The van der Waals surface area contributed by atoms with Gasteiger partial charge in [-0.2, -0.15) is 0 Å². The predicted molar refractivity (Wildman–Crippen MR) is 73.3 cm³/mol. The molecule has 0 bridgehead atoms. The van der Waals surface area contributed by atoms with Crippen LogP contribution in [0.15, 0.2) is 28.8 Å². The molecule has 2 N–H and O–H groups in total. The highest BCUT2D eigenvalue weighted by Crippen LogP contribution is 2.30. The van der Waals surface area contributed by atoms with Crippen LogP contribution in [0.4, 0.5) is 14.5 Å². The number of anilines is 1. The zero-order valence-electron chi connectivity index (χ0n) is 10.5. The molecule has 0 aromatic heterocycles. The molecular formula is C13H15ClF2N2. The first-order valence-electron chi connectivity index (χ1n) is 5.34. The van der Waals surface area contributed by atoms with E-state index in [4.69, 9.17) is 17.3 Å². The van der Waals surface area contributed by atoms with E-state index in [1.54, 1.807) is 20.0 Å². The molecule has 0 aliphatic carbocycles. The minimum absolute atomic E-state index is 0.0830. The van der Waals surface area contributed by atoms with Crippen molar-refractivity contribution in [1.82, 2.24) is 0 Å². The SMILES string of the molecule is C/N=C(Cl)\C(C)=C\c1cc(C(C)(F)F)ccc1N. The molecule has 0 unspecified atom stereocenters. The number of nitrogens with two attached hydrogens (primary N) is 1. The van der Waals surface area contributed by atoms with Crippen LogP contribution in [0.25, 0.3) is 6.08 Å². The average molecular weight is 273 g/mol. The lowest BCUT2D eigenvalue weighted by Crippen LogP contribution is -2.07. The first kappa shape index (κ1) is 14.6. The molecule has 0 saturated heterocycles. The van der Waals surface area contributed by atoms with Gasteiger partial charge in [0.25, 0.3) is 5.92 Å². The minimum Gasteiger partial charge on any atom is -0.398 e. The first-order valence-corrected chi connectivity index (χ1v) is 5.72. The van der Waals surface area contributed by atoms with Gasteiger partial charge in [0.2, 0.25) is 0 Å². The summed E-state index contributed by atoms with van der Waals surface area (Å²) in [7, 11) is 1.56. The van der Waals surface area contributed by atoms with E-state index >= 15 is 0 Å². The molecule has 0 amide bonds. The molecule has 5 heteroatoms. The highest BCUT2D eigenvalue weighted by molar-refractivity contribution is 6.69. The van der Waals surface area contributed by atoms with Crippen LogP contribution in [0.1, 0.15) is 25.0 Å². The van der Waals surface area contributed by atoms with Crippen LogP contribution in [0, 0.1) is 0 Å². The zero-order valence-corrected chi connectivity index (χ0v) is 11.2. The summed E-state index contributed by atoms with van der Waals surface area (Å²) in [5.41, 5.74) is 7.26. The van der Waals surface area contributed by atoms with Crippen molar-refractivity contribution in [3.63, 3.8) is 0 Å². The van der Waals surface area contributed by atoms with Gasteiger partial charge in [-0.1, -0.05) is 17.7 Å². The molecule has 0 heterocycles. The molecule has 0 fully saturated rings. The quantitative estimate of drug-likeness (QED) is 0.654. The third-order valence-electron chi connectivity index (χ3n) is 2.49. The number of aliphatic imine (C=N–C) groups is 1. The third-order valence-corrected chi connectivity index (χ3v) is 2.95. The van der Waals surface area contributed by atoms with Gasteiger partial charge in [0.1, 0.15) is 5.17 Å². The lowest BCUT2D eigenvalue weighted by atomic mass is 10.0. The van der Waals surface area contributed by atoms with Crippen LogP contribution >= 0.6 is 11.6 Å². The molecule has 0 radical (unpaired) electrons. The molecule has 0 aliphatic heterocycles. The van der Waals surface area contributed by atoms with Gasteiger partial charge in [-0.15, -0.1) is 0 Å². The van der Waals surface area contributed by atoms with Gasteiger partial charge in [0.05, 0.1) is 0 Å². The monoisotopic (exact) mass is 272 g/mol. The van der Waals surface area contributed by atoms with Crippen molar-refractivity contribution >= 4 is 28.5 Å². The highest BCUT2D eigenvalue weighted by Gasteiger charge is 2.24. The summed E-state index contributed by atoms with van der Waals surface area (Å²) in [5.74, 6) is -2.90. The van der Waals surface area contributed by atoms with Gasteiger partial charge in [-0.3, -0.25) is 4.99 Å². The minimum atomic E-state index is -2.90. The number of allylic oxidation sites excluding steroid dienone is 1. The summed E-state index contributed by atoms with van der Waals surface area (Å²) in [6, 6.07) is 4.14. The lowest BCUT2D eigenvalue weighted by Gasteiger charge is -2.12. The Bertz CT molecular complexity index is 502. The van der Waals surface area contributed by atoms with Crippen LogP contribution in [0.5, 0.6) is 0 Å². The predicted octanol–water partition coefficient (Wildman–Crippen LogP) is 4.05. The number of halogens is 3. The maximum absolute atomic E-state index is 13.2. The molecule has 98 valence electrons. The fourth-order valence-corrected chi connectivity index (χ4v) is 1.50. The summed E-state index contributed by atoms with van der Waals surface area (Å²) >= 11 is 5.84. The number of hydrogen-bond donors (Lipinski definition) is 1. The summed E-state index contributed by atoms with van der Waals surface area (Å²) < 4.78 is 26.4. The summed E-state index contributed by atoms with van der Waals surface area (Å²) in [4.78, 5) is 3.81. The first-order chi connectivity index (χ1) is 8.25. The normalized spacial score (nSPS) is 13.9. The van der Waals surface area contributed by atoms with Crippen molar-refractivity contribution in [3.8, 4) is 0 Å². The summed E-state index contributed by atoms with van der Waals surface area (Å²) in [5, 5.41) is 0.322. The second kappa shape index (κ2) is 5.48. The fourth-order valence-electron chi connectivity index (χ4n) is 1.44. The zero-order chi connectivity index (χ0) is 13.9. The van der Waals surface area contributed by atoms with Crippen LogP contribution in [-0.4, -0.2) is 12.2 Å². The molecule has 1 aromatic carbocycles. The molecule has 2 nitrogen and oxygen atoms in total. The summed E-state index contributed by atoms with van der Waals surface area (Å²) in [6.45, 7) is 2.59. The van der Waals surface area contributed by atoms with Crippen molar-refractivity contribution in [2.45, 2.75) is 19.8 Å². The van der Waals surface area contributed by atoms with Gasteiger partial charge in [-0.05, 0) is 36.3 Å². The average Bonchev–Trinajstić information content (AvgIpc) is 2.29. The number of benzene rings is 1. The molecule has 0 aliphatic rings. The van der Waals surface area contributed by atoms with E-state index in [9.17, 15) is 8.78 Å². The Hall–Kier alpha value is -1.42. The Morgan fingerprint density at radius 3 is 2.56 bits per heavy atom. The molecule has 1 rings (SSSR count). The fraction of sp³-hybridized carbons (Fsp3) is 0.308. The number of hydrogen-bond acceptors (Lipinski definition) is 2.